The van der Waals surface area contributed by atoms with E-state index in [1.807, 2.05) is 52.4 Å². The van der Waals surface area contributed by atoms with Gasteiger partial charge >= 0.3 is 0 Å². The maximum absolute atomic E-state index is 12.9. The summed E-state index contributed by atoms with van der Waals surface area (Å²) in [7, 11) is 1.97. The van der Waals surface area contributed by atoms with Crippen LogP contribution in [0.15, 0.2) is 36.7 Å². The molecule has 0 aliphatic carbocycles. The van der Waals surface area contributed by atoms with Crippen molar-refractivity contribution in [1.29, 1.82) is 0 Å². The quantitative estimate of drug-likeness (QED) is 0.700. The first kappa shape index (κ1) is 18.4. The minimum atomic E-state index is 0.106. The first-order valence-electron chi connectivity index (χ1n) is 9.74. The smallest absolute Gasteiger partial charge is 0.253 e. The minimum Gasteiger partial charge on any atom is -0.339 e. The van der Waals surface area contributed by atoms with E-state index in [4.69, 9.17) is 0 Å². The highest BCUT2D eigenvalue weighted by molar-refractivity contribution is 5.94. The topological polar surface area (TPSA) is 68.8 Å². The van der Waals surface area contributed by atoms with Crippen LogP contribution in [0.3, 0.4) is 0 Å². The van der Waals surface area contributed by atoms with Crippen LogP contribution in [0.1, 0.15) is 51.9 Å². The lowest BCUT2D eigenvalue weighted by atomic mass is 9.95. The van der Waals surface area contributed by atoms with E-state index in [0.29, 0.717) is 5.92 Å². The number of rotatable bonds is 4. The van der Waals surface area contributed by atoms with Crippen molar-refractivity contribution in [3.05, 3.63) is 65.0 Å². The van der Waals surface area contributed by atoms with Gasteiger partial charge in [-0.05, 0) is 50.5 Å². The highest BCUT2D eigenvalue weighted by atomic mass is 16.2. The summed E-state index contributed by atoms with van der Waals surface area (Å²) < 4.78 is 3.97. The van der Waals surface area contributed by atoms with Crippen molar-refractivity contribution in [1.82, 2.24) is 29.4 Å². The number of hydrogen-bond donors (Lipinski definition) is 0. The molecule has 1 amide bonds. The molecule has 0 atom stereocenters. The summed E-state index contributed by atoms with van der Waals surface area (Å²) in [4.78, 5) is 14.8. The normalized spacial score (nSPS) is 15.2. The van der Waals surface area contributed by atoms with Crippen LogP contribution in [-0.2, 0) is 13.6 Å². The molecule has 0 unspecified atom stereocenters. The van der Waals surface area contributed by atoms with Crippen LogP contribution < -0.4 is 0 Å². The second kappa shape index (κ2) is 7.58. The monoisotopic (exact) mass is 378 g/mol. The van der Waals surface area contributed by atoms with Crippen molar-refractivity contribution in [3.8, 4) is 0 Å². The molecule has 2 aromatic heterocycles. The predicted octanol–water partition coefficient (Wildman–Crippen LogP) is 2.70. The number of piperidine rings is 1. The summed E-state index contributed by atoms with van der Waals surface area (Å²) in [6.07, 6.45) is 3.59. The molecular formula is C21H26N6O. The molecule has 7 heteroatoms. The number of nitrogens with zero attached hydrogens (tertiary/aromatic N) is 6. The van der Waals surface area contributed by atoms with Crippen LogP contribution >= 0.6 is 0 Å². The number of amides is 1. The highest BCUT2D eigenvalue weighted by Crippen LogP contribution is 2.27. The number of likely N-dealkylation sites (tertiary alicyclic amines) is 1. The van der Waals surface area contributed by atoms with Crippen molar-refractivity contribution in [2.24, 2.45) is 7.05 Å². The lowest BCUT2D eigenvalue weighted by Crippen LogP contribution is -2.38. The molecule has 3 heterocycles. The van der Waals surface area contributed by atoms with Gasteiger partial charge in [-0.25, -0.2) is 0 Å². The summed E-state index contributed by atoms with van der Waals surface area (Å²) in [5.41, 5.74) is 4.05. The van der Waals surface area contributed by atoms with Crippen LogP contribution in [0, 0.1) is 13.8 Å². The Kier molecular flexibility index (Phi) is 4.98. The zero-order valence-corrected chi connectivity index (χ0v) is 16.7. The molecule has 1 aliphatic heterocycles. The molecule has 1 aromatic carbocycles. The number of carbonyl (C=O) groups is 1. The van der Waals surface area contributed by atoms with Crippen molar-refractivity contribution < 1.29 is 4.79 Å². The molecule has 0 bridgehead atoms. The van der Waals surface area contributed by atoms with E-state index >= 15 is 0 Å². The molecule has 1 aliphatic rings. The lowest BCUT2D eigenvalue weighted by Gasteiger charge is -2.31. The second-order valence-corrected chi connectivity index (χ2v) is 7.65. The molecule has 28 heavy (non-hydrogen) atoms. The standard InChI is InChI=1S/C21H26N6O/c1-15-12-16(2)27(24-15)13-17-4-6-19(7-5-17)21(28)26-10-8-18(9-11-26)20-23-22-14-25(20)3/h4-7,12,14,18H,8-11,13H2,1-3H3. The molecule has 4 rings (SSSR count). The Bertz CT molecular complexity index is 963. The summed E-state index contributed by atoms with van der Waals surface area (Å²) in [5.74, 6) is 1.49. The van der Waals surface area contributed by atoms with Crippen molar-refractivity contribution in [3.63, 3.8) is 0 Å². The molecule has 1 saturated heterocycles. The lowest BCUT2D eigenvalue weighted by molar-refractivity contribution is 0.0710. The van der Waals surface area contributed by atoms with Crippen LogP contribution in [0.4, 0.5) is 0 Å². The molecule has 1 fully saturated rings. The fourth-order valence-electron chi connectivity index (χ4n) is 3.95. The van der Waals surface area contributed by atoms with Gasteiger partial charge in [-0.1, -0.05) is 12.1 Å². The maximum Gasteiger partial charge on any atom is 0.253 e. The van der Waals surface area contributed by atoms with Gasteiger partial charge in [0, 0.05) is 37.3 Å². The van der Waals surface area contributed by atoms with Gasteiger partial charge in [-0.2, -0.15) is 5.10 Å². The molecule has 0 saturated carbocycles. The summed E-state index contributed by atoms with van der Waals surface area (Å²) in [5, 5.41) is 12.7. The van der Waals surface area contributed by atoms with Crippen LogP contribution in [-0.4, -0.2) is 48.4 Å². The number of aromatic nitrogens is 5. The largest absolute Gasteiger partial charge is 0.339 e. The summed E-state index contributed by atoms with van der Waals surface area (Å²) in [6.45, 7) is 6.28. The minimum absolute atomic E-state index is 0.106. The van der Waals surface area contributed by atoms with Gasteiger partial charge in [0.2, 0.25) is 0 Å². The van der Waals surface area contributed by atoms with Gasteiger partial charge in [-0.3, -0.25) is 9.48 Å². The number of carbonyl (C=O) groups excluding carboxylic acids is 1. The van der Waals surface area contributed by atoms with Crippen LogP contribution in [0.25, 0.3) is 0 Å². The molecule has 7 nitrogen and oxygen atoms in total. The third-order valence-electron chi connectivity index (χ3n) is 5.53. The molecule has 0 spiro atoms. The van der Waals surface area contributed by atoms with E-state index in [0.717, 1.165) is 60.8 Å². The third-order valence-corrected chi connectivity index (χ3v) is 5.53. The maximum atomic E-state index is 12.9. The van der Waals surface area contributed by atoms with Gasteiger partial charge in [0.25, 0.3) is 5.91 Å². The van der Waals surface area contributed by atoms with Crippen molar-refractivity contribution >= 4 is 5.91 Å². The van der Waals surface area contributed by atoms with E-state index < -0.39 is 0 Å². The molecule has 0 N–H and O–H groups in total. The van der Waals surface area contributed by atoms with Gasteiger partial charge in [0.05, 0.1) is 12.2 Å². The average molecular weight is 378 g/mol. The van der Waals surface area contributed by atoms with Crippen molar-refractivity contribution in [2.45, 2.75) is 39.2 Å². The van der Waals surface area contributed by atoms with E-state index in [-0.39, 0.29) is 5.91 Å². The Morgan fingerprint density at radius 2 is 1.86 bits per heavy atom. The van der Waals surface area contributed by atoms with Gasteiger partial charge in [-0.15, -0.1) is 10.2 Å². The van der Waals surface area contributed by atoms with E-state index in [2.05, 4.69) is 28.3 Å². The predicted molar refractivity (Wildman–Crippen MR) is 106 cm³/mol. The van der Waals surface area contributed by atoms with E-state index in [1.165, 1.54) is 0 Å². The zero-order valence-electron chi connectivity index (χ0n) is 16.7. The average Bonchev–Trinajstić information content (AvgIpc) is 3.26. The van der Waals surface area contributed by atoms with Crippen LogP contribution in [0.2, 0.25) is 0 Å². The van der Waals surface area contributed by atoms with E-state index in [9.17, 15) is 4.79 Å². The SMILES string of the molecule is Cc1cc(C)n(Cc2ccc(C(=O)N3CCC(c4nncn4C)CC3)cc2)n1. The van der Waals surface area contributed by atoms with Gasteiger partial charge in [0.1, 0.15) is 12.2 Å². The van der Waals surface area contributed by atoms with Gasteiger partial charge in [0.15, 0.2) is 0 Å². The Balaban J connectivity index is 1.37. The number of aryl methyl sites for hydroxylation is 3. The number of hydrogen-bond acceptors (Lipinski definition) is 4. The zero-order chi connectivity index (χ0) is 19.7. The molecule has 146 valence electrons. The highest BCUT2D eigenvalue weighted by Gasteiger charge is 2.26. The molecule has 0 radical (unpaired) electrons. The Morgan fingerprint density at radius 3 is 2.43 bits per heavy atom. The number of benzene rings is 1. The summed E-state index contributed by atoms with van der Waals surface area (Å²) >= 11 is 0. The molecule has 3 aromatic rings. The fourth-order valence-corrected chi connectivity index (χ4v) is 3.95. The Morgan fingerprint density at radius 1 is 1.14 bits per heavy atom. The first-order valence-corrected chi connectivity index (χ1v) is 9.74. The second-order valence-electron chi connectivity index (χ2n) is 7.65. The summed E-state index contributed by atoms with van der Waals surface area (Å²) in [6, 6.07) is 9.98. The van der Waals surface area contributed by atoms with Crippen LogP contribution in [0.5, 0.6) is 0 Å². The Hall–Kier alpha value is -2.96. The first-order chi connectivity index (χ1) is 13.5. The third kappa shape index (κ3) is 3.69. The van der Waals surface area contributed by atoms with E-state index in [1.54, 1.807) is 6.33 Å². The van der Waals surface area contributed by atoms with Crippen molar-refractivity contribution in [2.75, 3.05) is 13.1 Å². The fraction of sp³-hybridized carbons (Fsp3) is 0.429. The Labute approximate surface area is 165 Å². The molecular weight excluding hydrogens is 352 g/mol. The van der Waals surface area contributed by atoms with Gasteiger partial charge < -0.3 is 9.47 Å².